The van der Waals surface area contributed by atoms with Crippen molar-refractivity contribution in [2.75, 3.05) is 6.61 Å². The number of aliphatic imine (C=N–C) groups is 1. The number of ether oxygens (including phenoxy) is 2. The maximum atomic E-state index is 12.2. The maximum Gasteiger partial charge on any atom is 0.363 e. The van der Waals surface area contributed by atoms with Crippen molar-refractivity contribution in [1.29, 1.82) is 0 Å². The van der Waals surface area contributed by atoms with Gasteiger partial charge in [-0.2, -0.15) is 0 Å². The van der Waals surface area contributed by atoms with Crippen LogP contribution in [0.3, 0.4) is 0 Å². The van der Waals surface area contributed by atoms with Gasteiger partial charge >= 0.3 is 11.9 Å². The molecule has 1 aromatic heterocycles. The number of hydrogen-bond donors (Lipinski definition) is 0. The molecule has 6 nitrogen and oxygen atoms in total. The van der Waals surface area contributed by atoms with Crippen LogP contribution in [0, 0.1) is 0 Å². The average Bonchev–Trinajstić information content (AvgIpc) is 3.36. The number of cyclic esters (lactones) is 1. The summed E-state index contributed by atoms with van der Waals surface area (Å²) in [6.45, 7) is 2.08. The van der Waals surface area contributed by atoms with Crippen LogP contribution in [-0.2, 0) is 14.3 Å². The second-order valence-corrected chi connectivity index (χ2v) is 6.72. The summed E-state index contributed by atoms with van der Waals surface area (Å²) >= 11 is 6.14. The van der Waals surface area contributed by atoms with Gasteiger partial charge in [0, 0.05) is 11.6 Å². The molecule has 150 valence electrons. The van der Waals surface area contributed by atoms with Crippen molar-refractivity contribution >= 4 is 35.5 Å². The minimum absolute atomic E-state index is 0.114. The second kappa shape index (κ2) is 8.39. The minimum atomic E-state index is -0.582. The van der Waals surface area contributed by atoms with Crippen LogP contribution < -0.4 is 0 Å². The van der Waals surface area contributed by atoms with E-state index in [-0.39, 0.29) is 17.6 Å². The standard InChI is InChI=1S/C23H16ClNO5/c1-2-28-22(26)15-9-7-14(8-10-15)20-12-11-16(29-20)13-19-23(27)30-21(25-19)17-5-3-4-6-18(17)24/h3-13H,2H2,1H3/b19-13+. The van der Waals surface area contributed by atoms with Crippen molar-refractivity contribution in [1.82, 2.24) is 0 Å². The molecule has 3 aromatic rings. The summed E-state index contributed by atoms with van der Waals surface area (Å²) in [5, 5.41) is 0.442. The third-order valence-corrected chi connectivity index (χ3v) is 4.64. The zero-order chi connectivity index (χ0) is 21.1. The molecular formula is C23H16ClNO5. The molecule has 0 fully saturated rings. The van der Waals surface area contributed by atoms with E-state index in [0.29, 0.717) is 34.3 Å². The molecule has 0 atom stereocenters. The highest BCUT2D eigenvalue weighted by molar-refractivity contribution is 6.34. The first-order valence-corrected chi connectivity index (χ1v) is 9.58. The number of carbonyl (C=O) groups excluding carboxylic acids is 2. The molecule has 0 amide bonds. The van der Waals surface area contributed by atoms with E-state index >= 15 is 0 Å². The molecule has 0 aliphatic carbocycles. The normalized spacial score (nSPS) is 14.5. The van der Waals surface area contributed by atoms with Crippen LogP contribution in [0.4, 0.5) is 0 Å². The highest BCUT2D eigenvalue weighted by Gasteiger charge is 2.25. The lowest BCUT2D eigenvalue weighted by Gasteiger charge is -2.02. The Kier molecular flexibility index (Phi) is 5.50. The Hall–Kier alpha value is -3.64. The van der Waals surface area contributed by atoms with Crippen LogP contribution in [0.2, 0.25) is 5.02 Å². The van der Waals surface area contributed by atoms with E-state index in [1.807, 2.05) is 0 Å². The number of benzene rings is 2. The van der Waals surface area contributed by atoms with Crippen LogP contribution in [0.15, 0.2) is 75.8 Å². The van der Waals surface area contributed by atoms with Crippen molar-refractivity contribution < 1.29 is 23.5 Å². The monoisotopic (exact) mass is 421 g/mol. The molecule has 2 aromatic carbocycles. The molecular weight excluding hydrogens is 406 g/mol. The van der Waals surface area contributed by atoms with Crippen LogP contribution in [0.1, 0.15) is 28.6 Å². The van der Waals surface area contributed by atoms with Crippen LogP contribution in [0.5, 0.6) is 0 Å². The highest BCUT2D eigenvalue weighted by Crippen LogP contribution is 2.27. The molecule has 2 heterocycles. The third-order valence-electron chi connectivity index (χ3n) is 4.31. The Morgan fingerprint density at radius 3 is 2.60 bits per heavy atom. The molecule has 1 aliphatic heterocycles. The molecule has 0 radical (unpaired) electrons. The van der Waals surface area contributed by atoms with Gasteiger partial charge in [0.15, 0.2) is 5.70 Å². The van der Waals surface area contributed by atoms with E-state index in [0.717, 1.165) is 5.56 Å². The quantitative estimate of drug-likeness (QED) is 0.422. The third kappa shape index (κ3) is 4.04. The Morgan fingerprint density at radius 2 is 1.87 bits per heavy atom. The van der Waals surface area contributed by atoms with E-state index in [1.54, 1.807) is 67.6 Å². The lowest BCUT2D eigenvalue weighted by atomic mass is 10.1. The van der Waals surface area contributed by atoms with Gasteiger partial charge < -0.3 is 13.9 Å². The maximum absolute atomic E-state index is 12.2. The predicted octanol–water partition coefficient (Wildman–Crippen LogP) is 5.12. The Morgan fingerprint density at radius 1 is 1.10 bits per heavy atom. The molecule has 0 spiro atoms. The fourth-order valence-corrected chi connectivity index (χ4v) is 3.08. The molecule has 0 saturated carbocycles. The van der Waals surface area contributed by atoms with E-state index in [2.05, 4.69) is 4.99 Å². The number of furan rings is 1. The van der Waals surface area contributed by atoms with E-state index in [4.69, 9.17) is 25.5 Å². The summed E-state index contributed by atoms with van der Waals surface area (Å²) in [4.78, 5) is 28.2. The predicted molar refractivity (Wildman–Crippen MR) is 112 cm³/mol. The smallest absolute Gasteiger partial charge is 0.363 e. The SMILES string of the molecule is CCOC(=O)c1ccc(-c2ccc(/C=C3/N=C(c4ccccc4Cl)OC3=O)o2)cc1. The van der Waals surface area contributed by atoms with E-state index < -0.39 is 5.97 Å². The summed E-state index contributed by atoms with van der Waals surface area (Å²) < 4.78 is 16.0. The van der Waals surface area contributed by atoms with Crippen molar-refractivity contribution in [3.05, 3.63) is 88.3 Å². The number of carbonyl (C=O) groups is 2. The van der Waals surface area contributed by atoms with E-state index in [9.17, 15) is 9.59 Å². The van der Waals surface area contributed by atoms with Gasteiger partial charge in [-0.1, -0.05) is 35.9 Å². The second-order valence-electron chi connectivity index (χ2n) is 6.32. The zero-order valence-corrected chi connectivity index (χ0v) is 16.7. The summed E-state index contributed by atoms with van der Waals surface area (Å²) in [6.07, 6.45) is 1.50. The molecule has 0 saturated heterocycles. The van der Waals surface area contributed by atoms with Crippen molar-refractivity contribution in [2.24, 2.45) is 4.99 Å². The largest absolute Gasteiger partial charge is 0.462 e. The van der Waals surface area contributed by atoms with Crippen molar-refractivity contribution in [2.45, 2.75) is 6.92 Å². The first-order chi connectivity index (χ1) is 14.5. The number of rotatable bonds is 5. The van der Waals surface area contributed by atoms with Crippen LogP contribution in [-0.4, -0.2) is 24.4 Å². The van der Waals surface area contributed by atoms with Crippen LogP contribution >= 0.6 is 11.6 Å². The average molecular weight is 422 g/mol. The Labute approximate surface area is 177 Å². The van der Waals surface area contributed by atoms with Gasteiger partial charge in [0.25, 0.3) is 0 Å². The fraction of sp³-hybridized carbons (Fsp3) is 0.0870. The Balaban J connectivity index is 1.56. The molecule has 0 N–H and O–H groups in total. The summed E-state index contributed by atoms with van der Waals surface area (Å²) in [5.41, 5.74) is 1.90. The van der Waals surface area contributed by atoms with Gasteiger partial charge in [-0.3, -0.25) is 0 Å². The molecule has 1 aliphatic rings. The van der Waals surface area contributed by atoms with Gasteiger partial charge in [-0.15, -0.1) is 0 Å². The lowest BCUT2D eigenvalue weighted by Crippen LogP contribution is -2.05. The zero-order valence-electron chi connectivity index (χ0n) is 15.9. The topological polar surface area (TPSA) is 78.1 Å². The van der Waals surface area contributed by atoms with Crippen LogP contribution in [0.25, 0.3) is 17.4 Å². The molecule has 7 heteroatoms. The number of esters is 2. The minimum Gasteiger partial charge on any atom is -0.462 e. The van der Waals surface area contributed by atoms with Gasteiger partial charge in [0.05, 0.1) is 22.8 Å². The van der Waals surface area contributed by atoms with Gasteiger partial charge in [-0.05, 0) is 43.3 Å². The molecule has 4 rings (SSSR count). The first kappa shape index (κ1) is 19.7. The number of halogens is 1. The van der Waals surface area contributed by atoms with Crippen molar-refractivity contribution in [3.8, 4) is 11.3 Å². The highest BCUT2D eigenvalue weighted by atomic mass is 35.5. The summed E-state index contributed by atoms with van der Waals surface area (Å²) in [6, 6.07) is 17.3. The number of hydrogen-bond acceptors (Lipinski definition) is 6. The fourth-order valence-electron chi connectivity index (χ4n) is 2.86. The van der Waals surface area contributed by atoms with Crippen molar-refractivity contribution in [3.63, 3.8) is 0 Å². The first-order valence-electron chi connectivity index (χ1n) is 9.20. The Bertz CT molecular complexity index is 1170. The van der Waals surface area contributed by atoms with Gasteiger partial charge in [-0.25, -0.2) is 14.6 Å². The van der Waals surface area contributed by atoms with Gasteiger partial charge in [0.1, 0.15) is 11.5 Å². The van der Waals surface area contributed by atoms with Gasteiger partial charge in [0.2, 0.25) is 5.90 Å². The lowest BCUT2D eigenvalue weighted by molar-refractivity contribution is -0.129. The molecule has 30 heavy (non-hydrogen) atoms. The molecule has 0 bridgehead atoms. The molecule has 0 unspecified atom stereocenters. The number of nitrogens with zero attached hydrogens (tertiary/aromatic N) is 1. The summed E-state index contributed by atoms with van der Waals surface area (Å²) in [5.74, 6) is 0.218. The summed E-state index contributed by atoms with van der Waals surface area (Å²) in [7, 11) is 0. The van der Waals surface area contributed by atoms with E-state index in [1.165, 1.54) is 6.08 Å².